The Labute approximate surface area is 80.4 Å². The van der Waals surface area contributed by atoms with Crippen LogP contribution in [-0.4, -0.2) is 15.1 Å². The van der Waals surface area contributed by atoms with Crippen LogP contribution >= 0.6 is 11.6 Å². The van der Waals surface area contributed by atoms with Gasteiger partial charge < -0.3 is 10.1 Å². The number of H-pyrrole nitrogens is 1. The molecule has 0 bridgehead atoms. The normalized spacial score (nSPS) is 11.0. The maximum atomic E-state index is 9.04. The molecule has 68 valence electrons. The highest BCUT2D eigenvalue weighted by atomic mass is 35.5. The number of aliphatic hydroxyl groups is 1. The van der Waals surface area contributed by atoms with Crippen LogP contribution < -0.4 is 0 Å². The van der Waals surface area contributed by atoms with Gasteiger partial charge in [0, 0.05) is 17.1 Å². The second-order valence-corrected chi connectivity index (χ2v) is 3.34. The van der Waals surface area contributed by atoms with Crippen LogP contribution in [0.2, 0.25) is 5.15 Å². The fourth-order valence-corrected chi connectivity index (χ4v) is 1.74. The zero-order chi connectivity index (χ0) is 9.42. The van der Waals surface area contributed by atoms with E-state index in [1.54, 1.807) is 12.3 Å². The molecule has 0 atom stereocenters. The molecule has 0 spiro atoms. The summed E-state index contributed by atoms with van der Waals surface area (Å²) in [5.41, 5.74) is 2.62. The Morgan fingerprint density at radius 2 is 2.38 bits per heavy atom. The van der Waals surface area contributed by atoms with Crippen LogP contribution in [0.15, 0.2) is 12.3 Å². The number of nitrogens with one attached hydrogen (secondary N) is 1. The third kappa shape index (κ3) is 1.30. The van der Waals surface area contributed by atoms with E-state index in [1.807, 2.05) is 6.92 Å². The summed E-state index contributed by atoms with van der Waals surface area (Å²) in [6.07, 6.45) is 1.75. The van der Waals surface area contributed by atoms with E-state index in [9.17, 15) is 0 Å². The van der Waals surface area contributed by atoms with E-state index in [0.29, 0.717) is 5.15 Å². The lowest BCUT2D eigenvalue weighted by Crippen LogP contribution is -1.85. The highest BCUT2D eigenvalue weighted by Gasteiger charge is 2.07. The summed E-state index contributed by atoms with van der Waals surface area (Å²) in [5, 5.41) is 10.5. The number of pyridine rings is 1. The predicted molar refractivity (Wildman–Crippen MR) is 51.8 cm³/mol. The van der Waals surface area contributed by atoms with Crippen molar-refractivity contribution >= 4 is 22.6 Å². The first kappa shape index (κ1) is 8.53. The quantitative estimate of drug-likeness (QED) is 0.686. The van der Waals surface area contributed by atoms with Gasteiger partial charge in [-0.25, -0.2) is 4.98 Å². The van der Waals surface area contributed by atoms with Gasteiger partial charge in [-0.05, 0) is 18.6 Å². The molecule has 2 N–H and O–H groups in total. The average molecular weight is 197 g/mol. The van der Waals surface area contributed by atoms with Crippen LogP contribution in [0, 0.1) is 6.92 Å². The van der Waals surface area contributed by atoms with E-state index in [1.165, 1.54) is 0 Å². The van der Waals surface area contributed by atoms with Crippen molar-refractivity contribution in [3.05, 3.63) is 28.5 Å². The second kappa shape index (κ2) is 3.01. The predicted octanol–water partition coefficient (Wildman–Crippen LogP) is 2.02. The zero-order valence-electron chi connectivity index (χ0n) is 7.13. The summed E-state index contributed by atoms with van der Waals surface area (Å²) in [7, 11) is 0. The van der Waals surface area contributed by atoms with Crippen LogP contribution in [0.3, 0.4) is 0 Å². The summed E-state index contributed by atoms with van der Waals surface area (Å²) in [6.45, 7) is 1.97. The minimum absolute atomic E-state index is 0.0180. The van der Waals surface area contributed by atoms with Gasteiger partial charge in [-0.3, -0.25) is 0 Å². The van der Waals surface area contributed by atoms with Crippen molar-refractivity contribution in [2.45, 2.75) is 13.5 Å². The first-order valence-electron chi connectivity index (χ1n) is 3.96. The molecule has 0 unspecified atom stereocenters. The zero-order valence-corrected chi connectivity index (χ0v) is 7.89. The van der Waals surface area contributed by atoms with Gasteiger partial charge in [0.15, 0.2) is 0 Å². The lowest BCUT2D eigenvalue weighted by atomic mass is 10.1. The Bertz CT molecular complexity index is 450. The molecule has 2 heterocycles. The number of aliphatic hydroxyl groups excluding tert-OH is 1. The van der Waals surface area contributed by atoms with Crippen molar-refractivity contribution in [1.82, 2.24) is 9.97 Å². The molecular weight excluding hydrogens is 188 g/mol. The number of nitrogens with zero attached hydrogens (tertiary/aromatic N) is 1. The number of hydrogen-bond acceptors (Lipinski definition) is 2. The number of aromatic nitrogens is 2. The van der Waals surface area contributed by atoms with E-state index in [-0.39, 0.29) is 6.61 Å². The van der Waals surface area contributed by atoms with E-state index in [0.717, 1.165) is 22.2 Å². The Kier molecular flexibility index (Phi) is 1.98. The summed E-state index contributed by atoms with van der Waals surface area (Å²) in [4.78, 5) is 7.07. The lowest BCUT2D eigenvalue weighted by molar-refractivity contribution is 0.283. The molecule has 2 rings (SSSR count). The Morgan fingerprint density at radius 1 is 1.62 bits per heavy atom. The fourth-order valence-electron chi connectivity index (χ4n) is 1.49. The molecule has 0 aliphatic carbocycles. The number of fused-ring (bicyclic) bond motifs is 1. The van der Waals surface area contributed by atoms with Gasteiger partial charge >= 0.3 is 0 Å². The Hall–Kier alpha value is -1.06. The molecule has 3 nitrogen and oxygen atoms in total. The van der Waals surface area contributed by atoms with Crippen molar-refractivity contribution in [1.29, 1.82) is 0 Å². The van der Waals surface area contributed by atoms with E-state index < -0.39 is 0 Å². The lowest BCUT2D eigenvalue weighted by Gasteiger charge is -1.98. The van der Waals surface area contributed by atoms with Crippen LogP contribution in [0.25, 0.3) is 11.0 Å². The molecule has 0 aromatic carbocycles. The third-order valence-electron chi connectivity index (χ3n) is 2.06. The molecule has 0 aliphatic heterocycles. The van der Waals surface area contributed by atoms with Crippen LogP contribution in [0.4, 0.5) is 0 Å². The molecule has 0 fully saturated rings. The molecule has 0 aliphatic rings. The molecule has 2 aromatic heterocycles. The van der Waals surface area contributed by atoms with Crippen molar-refractivity contribution in [2.75, 3.05) is 0 Å². The maximum Gasteiger partial charge on any atom is 0.139 e. The van der Waals surface area contributed by atoms with Gasteiger partial charge in [-0.2, -0.15) is 0 Å². The molecule has 4 heteroatoms. The van der Waals surface area contributed by atoms with Crippen molar-refractivity contribution in [3.63, 3.8) is 0 Å². The summed E-state index contributed by atoms with van der Waals surface area (Å²) in [5.74, 6) is 0. The van der Waals surface area contributed by atoms with Crippen LogP contribution in [0.5, 0.6) is 0 Å². The minimum Gasteiger partial charge on any atom is -0.392 e. The highest BCUT2D eigenvalue weighted by Crippen LogP contribution is 2.23. The molecular formula is C9H9ClN2O. The topological polar surface area (TPSA) is 48.9 Å². The number of rotatable bonds is 1. The number of aromatic amines is 1. The van der Waals surface area contributed by atoms with E-state index >= 15 is 0 Å². The summed E-state index contributed by atoms with van der Waals surface area (Å²) >= 11 is 5.78. The molecule has 0 saturated heterocycles. The third-order valence-corrected chi connectivity index (χ3v) is 2.25. The smallest absolute Gasteiger partial charge is 0.139 e. The Morgan fingerprint density at radius 3 is 3.08 bits per heavy atom. The van der Waals surface area contributed by atoms with Gasteiger partial charge in [0.1, 0.15) is 10.8 Å². The first-order valence-corrected chi connectivity index (χ1v) is 4.34. The number of halogens is 1. The Balaban J connectivity index is 2.82. The highest BCUT2D eigenvalue weighted by molar-refractivity contribution is 6.29. The van der Waals surface area contributed by atoms with Gasteiger partial charge in [0.05, 0.1) is 6.61 Å². The molecule has 0 amide bonds. The van der Waals surface area contributed by atoms with E-state index in [4.69, 9.17) is 16.7 Å². The van der Waals surface area contributed by atoms with Gasteiger partial charge in [-0.15, -0.1) is 0 Å². The molecule has 2 aromatic rings. The first-order chi connectivity index (χ1) is 6.22. The van der Waals surface area contributed by atoms with Gasteiger partial charge in [-0.1, -0.05) is 11.6 Å². The molecule has 0 saturated carbocycles. The standard InChI is InChI=1S/C9H9ClN2O/c1-5-2-7(10)12-9-8(5)6(4-13)3-11-9/h2-3,13H,4H2,1H3,(H,11,12). The average Bonchev–Trinajstić information content (AvgIpc) is 2.47. The minimum atomic E-state index is 0.0180. The van der Waals surface area contributed by atoms with Crippen LogP contribution in [0.1, 0.15) is 11.1 Å². The molecule has 13 heavy (non-hydrogen) atoms. The maximum absolute atomic E-state index is 9.04. The summed E-state index contributed by atoms with van der Waals surface area (Å²) in [6, 6.07) is 1.79. The van der Waals surface area contributed by atoms with Crippen LogP contribution in [-0.2, 0) is 6.61 Å². The van der Waals surface area contributed by atoms with E-state index in [2.05, 4.69) is 9.97 Å². The second-order valence-electron chi connectivity index (χ2n) is 2.96. The van der Waals surface area contributed by atoms with Gasteiger partial charge in [0.25, 0.3) is 0 Å². The van der Waals surface area contributed by atoms with Crippen molar-refractivity contribution < 1.29 is 5.11 Å². The monoisotopic (exact) mass is 196 g/mol. The number of hydrogen-bond donors (Lipinski definition) is 2. The molecule has 0 radical (unpaired) electrons. The fraction of sp³-hybridized carbons (Fsp3) is 0.222. The van der Waals surface area contributed by atoms with Crippen molar-refractivity contribution in [3.8, 4) is 0 Å². The SMILES string of the molecule is Cc1cc(Cl)nc2[nH]cc(CO)c12. The number of aryl methyl sites for hydroxylation is 1. The van der Waals surface area contributed by atoms with Gasteiger partial charge in [0.2, 0.25) is 0 Å². The summed E-state index contributed by atoms with van der Waals surface area (Å²) < 4.78 is 0. The van der Waals surface area contributed by atoms with Crippen molar-refractivity contribution in [2.24, 2.45) is 0 Å². The largest absolute Gasteiger partial charge is 0.392 e.